The fourth-order valence-electron chi connectivity index (χ4n) is 2.10. The van der Waals surface area contributed by atoms with Gasteiger partial charge in [-0.15, -0.1) is 0 Å². The summed E-state index contributed by atoms with van der Waals surface area (Å²) in [4.78, 5) is 24.7. The molecule has 16 heavy (non-hydrogen) atoms. The lowest BCUT2D eigenvalue weighted by Gasteiger charge is -2.37. The summed E-state index contributed by atoms with van der Waals surface area (Å²) >= 11 is 0. The maximum atomic E-state index is 12.0. The van der Waals surface area contributed by atoms with Gasteiger partial charge in [0.05, 0.1) is 0 Å². The molecule has 1 aliphatic heterocycles. The number of piperidine rings is 1. The number of carboxylic acid groups (broad SMARTS) is 1. The van der Waals surface area contributed by atoms with Crippen LogP contribution in [-0.4, -0.2) is 34.5 Å². The van der Waals surface area contributed by atoms with E-state index in [1.807, 2.05) is 20.8 Å². The average molecular weight is 227 g/mol. The monoisotopic (exact) mass is 227 g/mol. The molecule has 0 aromatic carbocycles. The van der Waals surface area contributed by atoms with Crippen molar-refractivity contribution in [3.05, 3.63) is 0 Å². The van der Waals surface area contributed by atoms with E-state index < -0.39 is 12.0 Å². The molecule has 0 radical (unpaired) electrons. The molecule has 0 aliphatic carbocycles. The minimum atomic E-state index is -0.872. The highest BCUT2D eigenvalue weighted by Crippen LogP contribution is 2.24. The summed E-state index contributed by atoms with van der Waals surface area (Å²) in [6, 6.07) is -0.620. The lowest BCUT2D eigenvalue weighted by molar-refractivity contribution is -0.154. The average Bonchev–Trinajstić information content (AvgIpc) is 2.26. The zero-order valence-corrected chi connectivity index (χ0v) is 10.3. The third kappa shape index (κ3) is 2.74. The van der Waals surface area contributed by atoms with E-state index in [0.29, 0.717) is 18.9 Å². The van der Waals surface area contributed by atoms with Crippen LogP contribution < -0.4 is 0 Å². The van der Waals surface area contributed by atoms with Crippen LogP contribution in [0.1, 0.15) is 40.0 Å². The maximum absolute atomic E-state index is 12.0. The van der Waals surface area contributed by atoms with Gasteiger partial charge in [-0.05, 0) is 25.2 Å². The fourth-order valence-corrected chi connectivity index (χ4v) is 2.10. The Morgan fingerprint density at radius 2 is 2.12 bits per heavy atom. The summed E-state index contributed by atoms with van der Waals surface area (Å²) in [7, 11) is 0. The van der Waals surface area contributed by atoms with Crippen LogP contribution in [0.2, 0.25) is 0 Å². The molecule has 4 nitrogen and oxygen atoms in total. The molecule has 3 unspecified atom stereocenters. The molecule has 3 atom stereocenters. The number of carbonyl (C=O) groups is 2. The Morgan fingerprint density at radius 1 is 1.50 bits per heavy atom. The Kier molecular flexibility index (Phi) is 4.33. The van der Waals surface area contributed by atoms with E-state index in [2.05, 4.69) is 0 Å². The standard InChI is InChI=1S/C12H21NO3/c1-4-9(3)11(14)13-6-5-8(2)7-10(13)12(15)16/h8-10H,4-7H2,1-3H3,(H,15,16). The number of carboxylic acids is 1. The Labute approximate surface area is 96.6 Å². The molecular formula is C12H21NO3. The molecule has 1 heterocycles. The minimum absolute atomic E-state index is 0.0122. The van der Waals surface area contributed by atoms with Crippen LogP contribution >= 0.6 is 0 Å². The highest BCUT2D eigenvalue weighted by atomic mass is 16.4. The highest BCUT2D eigenvalue weighted by Gasteiger charge is 2.35. The summed E-state index contributed by atoms with van der Waals surface area (Å²) < 4.78 is 0. The van der Waals surface area contributed by atoms with Gasteiger partial charge in [-0.3, -0.25) is 4.79 Å². The van der Waals surface area contributed by atoms with Crippen LogP contribution in [0.25, 0.3) is 0 Å². The van der Waals surface area contributed by atoms with Gasteiger partial charge in [-0.1, -0.05) is 20.8 Å². The highest BCUT2D eigenvalue weighted by molar-refractivity contribution is 5.85. The van der Waals surface area contributed by atoms with Gasteiger partial charge in [0.25, 0.3) is 0 Å². The summed E-state index contributed by atoms with van der Waals surface area (Å²) in [5, 5.41) is 9.14. The van der Waals surface area contributed by atoms with Crippen molar-refractivity contribution < 1.29 is 14.7 Å². The second-order valence-electron chi connectivity index (χ2n) is 4.82. The van der Waals surface area contributed by atoms with Gasteiger partial charge < -0.3 is 10.0 Å². The summed E-state index contributed by atoms with van der Waals surface area (Å²) in [5.74, 6) is -0.567. The van der Waals surface area contributed by atoms with Gasteiger partial charge in [0.15, 0.2) is 0 Å². The molecule has 0 aromatic rings. The van der Waals surface area contributed by atoms with Gasteiger partial charge in [-0.2, -0.15) is 0 Å². The normalized spacial score (nSPS) is 27.6. The van der Waals surface area contributed by atoms with E-state index in [9.17, 15) is 9.59 Å². The molecule has 1 saturated heterocycles. The number of hydrogen-bond donors (Lipinski definition) is 1. The lowest BCUT2D eigenvalue weighted by atomic mass is 9.91. The number of rotatable bonds is 3. The summed E-state index contributed by atoms with van der Waals surface area (Å²) in [6.07, 6.45) is 2.25. The first kappa shape index (κ1) is 13.0. The topological polar surface area (TPSA) is 57.6 Å². The van der Waals surface area contributed by atoms with Crippen LogP contribution in [0.5, 0.6) is 0 Å². The van der Waals surface area contributed by atoms with Crippen molar-refractivity contribution >= 4 is 11.9 Å². The first-order valence-electron chi connectivity index (χ1n) is 6.00. The smallest absolute Gasteiger partial charge is 0.326 e. The van der Waals surface area contributed by atoms with Crippen molar-refractivity contribution in [1.82, 2.24) is 4.90 Å². The van der Waals surface area contributed by atoms with Crippen LogP contribution in [0, 0.1) is 11.8 Å². The first-order valence-corrected chi connectivity index (χ1v) is 6.00. The third-order valence-corrected chi connectivity index (χ3v) is 3.47. The molecular weight excluding hydrogens is 206 g/mol. The molecule has 0 aromatic heterocycles. The second-order valence-corrected chi connectivity index (χ2v) is 4.82. The number of likely N-dealkylation sites (tertiary alicyclic amines) is 1. The minimum Gasteiger partial charge on any atom is -0.480 e. The molecule has 0 bridgehead atoms. The van der Waals surface area contributed by atoms with Crippen LogP contribution in [0.15, 0.2) is 0 Å². The van der Waals surface area contributed by atoms with Gasteiger partial charge >= 0.3 is 5.97 Å². The SMILES string of the molecule is CCC(C)C(=O)N1CCC(C)CC1C(=O)O. The predicted molar refractivity (Wildman–Crippen MR) is 61.0 cm³/mol. The third-order valence-electron chi connectivity index (χ3n) is 3.47. The lowest BCUT2D eigenvalue weighted by Crippen LogP contribution is -2.51. The van der Waals surface area contributed by atoms with Gasteiger partial charge in [0.2, 0.25) is 5.91 Å². The van der Waals surface area contributed by atoms with Crippen molar-refractivity contribution in [3.8, 4) is 0 Å². The van der Waals surface area contributed by atoms with Crippen molar-refractivity contribution in [1.29, 1.82) is 0 Å². The molecule has 1 aliphatic rings. The molecule has 4 heteroatoms. The zero-order valence-electron chi connectivity index (χ0n) is 10.3. The van der Waals surface area contributed by atoms with Gasteiger partial charge in [0.1, 0.15) is 6.04 Å². The van der Waals surface area contributed by atoms with Crippen LogP contribution in [0.4, 0.5) is 0 Å². The molecule has 0 spiro atoms. The molecule has 1 fully saturated rings. The van der Waals surface area contributed by atoms with Crippen molar-refractivity contribution in [2.24, 2.45) is 11.8 Å². The van der Waals surface area contributed by atoms with E-state index in [4.69, 9.17) is 5.11 Å². The van der Waals surface area contributed by atoms with E-state index >= 15 is 0 Å². The van der Waals surface area contributed by atoms with E-state index in [1.54, 1.807) is 4.90 Å². The van der Waals surface area contributed by atoms with E-state index in [1.165, 1.54) is 0 Å². The number of amides is 1. The zero-order chi connectivity index (χ0) is 12.3. The Bertz CT molecular complexity index is 277. The molecule has 1 N–H and O–H groups in total. The number of nitrogens with zero attached hydrogens (tertiary/aromatic N) is 1. The largest absolute Gasteiger partial charge is 0.480 e. The number of hydrogen-bond acceptors (Lipinski definition) is 2. The predicted octanol–water partition coefficient (Wildman–Crippen LogP) is 1.74. The number of aliphatic carboxylic acids is 1. The molecule has 92 valence electrons. The van der Waals surface area contributed by atoms with Crippen LogP contribution in [-0.2, 0) is 9.59 Å². The van der Waals surface area contributed by atoms with Gasteiger partial charge in [0, 0.05) is 12.5 Å². The first-order chi connectivity index (χ1) is 7.47. The van der Waals surface area contributed by atoms with E-state index in [-0.39, 0.29) is 11.8 Å². The molecule has 1 amide bonds. The maximum Gasteiger partial charge on any atom is 0.326 e. The Morgan fingerprint density at radius 3 is 2.62 bits per heavy atom. The summed E-state index contributed by atoms with van der Waals surface area (Å²) in [5.41, 5.74) is 0. The molecule has 1 rings (SSSR count). The second kappa shape index (κ2) is 5.32. The van der Waals surface area contributed by atoms with Gasteiger partial charge in [-0.25, -0.2) is 4.79 Å². The Balaban J connectivity index is 2.76. The van der Waals surface area contributed by atoms with Crippen molar-refractivity contribution in [2.45, 2.75) is 46.1 Å². The van der Waals surface area contributed by atoms with Crippen molar-refractivity contribution in [3.63, 3.8) is 0 Å². The number of carbonyl (C=O) groups excluding carboxylic acids is 1. The Hall–Kier alpha value is -1.06. The molecule has 0 saturated carbocycles. The van der Waals surface area contributed by atoms with E-state index in [0.717, 1.165) is 12.8 Å². The summed E-state index contributed by atoms with van der Waals surface area (Å²) in [6.45, 7) is 6.44. The van der Waals surface area contributed by atoms with Crippen LogP contribution in [0.3, 0.4) is 0 Å². The van der Waals surface area contributed by atoms with Crippen molar-refractivity contribution in [2.75, 3.05) is 6.54 Å². The quantitative estimate of drug-likeness (QED) is 0.799. The fraction of sp³-hybridized carbons (Fsp3) is 0.833.